The molecule has 6 heterocycles. The van der Waals surface area contributed by atoms with Gasteiger partial charge in [0.05, 0.1) is 11.4 Å². The number of nitrogens with zero attached hydrogens (tertiary/aromatic N) is 4. The topological polar surface area (TPSA) is 175 Å². The van der Waals surface area contributed by atoms with E-state index in [2.05, 4.69) is 30.6 Å². The average Bonchev–Trinajstić information content (AvgIpc) is 3.85. The quantitative estimate of drug-likeness (QED) is 0.138. The van der Waals surface area contributed by atoms with Gasteiger partial charge in [0, 0.05) is 80.4 Å². The van der Waals surface area contributed by atoms with Crippen LogP contribution in [0.5, 0.6) is 5.95 Å². The number of ether oxygens (including phenoxy) is 2. The van der Waals surface area contributed by atoms with Crippen molar-refractivity contribution in [3.8, 4) is 17.3 Å². The van der Waals surface area contributed by atoms with Gasteiger partial charge in [0.25, 0.3) is 5.95 Å². The molecule has 4 aromatic heterocycles. The Morgan fingerprint density at radius 1 is 0.767 bits per heavy atom. The van der Waals surface area contributed by atoms with Gasteiger partial charge in [0.15, 0.2) is 35.4 Å². The summed E-state index contributed by atoms with van der Waals surface area (Å²) in [7, 11) is 0.480. The van der Waals surface area contributed by atoms with Crippen molar-refractivity contribution >= 4 is 48.4 Å². The highest BCUT2D eigenvalue weighted by Gasteiger charge is 2.42. The second-order valence-corrected chi connectivity index (χ2v) is 17.3. The van der Waals surface area contributed by atoms with Crippen molar-refractivity contribution in [1.82, 2.24) is 19.8 Å². The minimum absolute atomic E-state index is 0.0876. The Morgan fingerprint density at radius 2 is 1.22 bits per heavy atom. The predicted molar refractivity (Wildman–Crippen MR) is 221 cm³/mol. The molecule has 60 heavy (non-hydrogen) atoms. The monoisotopic (exact) mass is 899 g/mol. The van der Waals surface area contributed by atoms with Crippen molar-refractivity contribution in [1.29, 1.82) is 0 Å². The van der Waals surface area contributed by atoms with Gasteiger partial charge in [0.1, 0.15) is 17.0 Å². The first-order valence-electron chi connectivity index (χ1n) is 19.2. The van der Waals surface area contributed by atoms with Gasteiger partial charge in [0.2, 0.25) is 0 Å². The number of furan rings is 2. The fraction of sp³-hybridized carbons (Fsp3) is 0.476. The lowest BCUT2D eigenvalue weighted by Gasteiger charge is -2.37. The molecule has 323 valence electrons. The van der Waals surface area contributed by atoms with Crippen LogP contribution in [0.3, 0.4) is 0 Å². The SMILES string of the molecule is Cc1cc(-c2ccc(C=O)o2)cnc1C1(F)CCN(C(=O)OC(C)(C)C)CC1.Cc1cc(Br)cnc1C1(F)CCN(C(=O)OC(C)(C)C)CC1.O=Cc1ccc(O[B]O)o1. The van der Waals surface area contributed by atoms with Crippen LogP contribution >= 0.6 is 15.9 Å². The summed E-state index contributed by atoms with van der Waals surface area (Å²) in [6, 6.07) is 9.79. The number of hydrogen-bond acceptors (Lipinski definition) is 12. The molecule has 1 radical (unpaired) electrons. The Balaban J connectivity index is 0.000000220. The molecule has 1 N–H and O–H groups in total. The third-order valence-electron chi connectivity index (χ3n) is 9.30. The molecule has 2 aliphatic heterocycles. The number of halogens is 3. The Kier molecular flexibility index (Phi) is 15.8. The highest BCUT2D eigenvalue weighted by molar-refractivity contribution is 9.10. The van der Waals surface area contributed by atoms with Gasteiger partial charge in [-0.2, -0.15) is 0 Å². The molecule has 0 atom stereocenters. The highest BCUT2D eigenvalue weighted by Crippen LogP contribution is 2.40. The zero-order valence-corrected chi connectivity index (χ0v) is 36.6. The van der Waals surface area contributed by atoms with Gasteiger partial charge in [-0.25, -0.2) is 18.4 Å². The maximum Gasteiger partial charge on any atom is 0.571 e. The first kappa shape index (κ1) is 47.6. The van der Waals surface area contributed by atoms with Crippen molar-refractivity contribution in [2.45, 2.75) is 104 Å². The van der Waals surface area contributed by atoms with E-state index >= 15 is 8.78 Å². The minimum Gasteiger partial charge on any atom is -0.510 e. The summed E-state index contributed by atoms with van der Waals surface area (Å²) in [6.07, 6.45) is 4.35. The molecule has 0 bridgehead atoms. The number of carbonyl (C=O) groups excluding carboxylic acids is 4. The number of aryl methyl sites for hydroxylation is 2. The molecule has 0 aliphatic carbocycles. The van der Waals surface area contributed by atoms with E-state index in [0.717, 1.165) is 10.0 Å². The third-order valence-corrected chi connectivity index (χ3v) is 9.74. The van der Waals surface area contributed by atoms with E-state index in [-0.39, 0.29) is 62.3 Å². The van der Waals surface area contributed by atoms with Gasteiger partial charge >= 0.3 is 19.9 Å². The summed E-state index contributed by atoms with van der Waals surface area (Å²) < 4.78 is 56.9. The second kappa shape index (κ2) is 20.0. The molecule has 0 saturated carbocycles. The van der Waals surface area contributed by atoms with E-state index in [1.54, 1.807) is 63.2 Å². The summed E-state index contributed by atoms with van der Waals surface area (Å²) in [5, 5.41) is 8.11. The number of amides is 2. The van der Waals surface area contributed by atoms with E-state index in [4.69, 9.17) is 23.3 Å². The van der Waals surface area contributed by atoms with Crippen molar-refractivity contribution in [3.63, 3.8) is 0 Å². The zero-order chi connectivity index (χ0) is 44.5. The number of pyridine rings is 2. The van der Waals surface area contributed by atoms with Crippen molar-refractivity contribution in [3.05, 3.63) is 87.3 Å². The predicted octanol–water partition coefficient (Wildman–Crippen LogP) is 9.00. The van der Waals surface area contributed by atoms with E-state index in [1.165, 1.54) is 17.0 Å². The van der Waals surface area contributed by atoms with Gasteiger partial charge < -0.3 is 37.8 Å². The molecule has 6 rings (SSSR count). The minimum atomic E-state index is -1.60. The van der Waals surface area contributed by atoms with E-state index in [1.807, 2.05) is 33.8 Å². The molecule has 0 unspecified atom stereocenters. The van der Waals surface area contributed by atoms with E-state index in [9.17, 15) is 19.2 Å². The van der Waals surface area contributed by atoms with Crippen LogP contribution in [0.15, 0.2) is 62.1 Å². The maximum atomic E-state index is 15.6. The molecule has 18 heteroatoms. The van der Waals surface area contributed by atoms with Crippen molar-refractivity contribution in [2.75, 3.05) is 26.2 Å². The average molecular weight is 901 g/mol. The molecule has 2 amide bonds. The summed E-state index contributed by atoms with van der Waals surface area (Å²) in [5.74, 6) is 0.992. The molecule has 0 aromatic carbocycles. The van der Waals surface area contributed by atoms with Crippen LogP contribution in [-0.4, -0.2) is 94.6 Å². The van der Waals surface area contributed by atoms with Crippen molar-refractivity contribution < 1.29 is 55.9 Å². The van der Waals surface area contributed by atoms with Crippen LogP contribution < -0.4 is 4.65 Å². The number of carbonyl (C=O) groups is 4. The van der Waals surface area contributed by atoms with Crippen LogP contribution in [0.2, 0.25) is 0 Å². The van der Waals surface area contributed by atoms with Crippen LogP contribution in [0, 0.1) is 13.8 Å². The normalized spacial score (nSPS) is 15.9. The van der Waals surface area contributed by atoms with Gasteiger partial charge in [-0.1, -0.05) is 0 Å². The Bertz CT molecular complexity index is 2100. The Labute approximate surface area is 357 Å². The second-order valence-electron chi connectivity index (χ2n) is 16.4. The van der Waals surface area contributed by atoms with Crippen LogP contribution in [0.4, 0.5) is 18.4 Å². The molecule has 4 aromatic rings. The van der Waals surface area contributed by atoms with Crippen molar-refractivity contribution in [2.24, 2.45) is 0 Å². The smallest absolute Gasteiger partial charge is 0.510 e. The first-order valence-corrected chi connectivity index (χ1v) is 20.0. The number of aldehydes is 2. The van der Waals surface area contributed by atoms with E-state index in [0.29, 0.717) is 61.6 Å². The van der Waals surface area contributed by atoms with E-state index < -0.39 is 28.6 Å². The number of rotatable bonds is 7. The summed E-state index contributed by atoms with van der Waals surface area (Å²) >= 11 is 3.34. The fourth-order valence-corrected chi connectivity index (χ4v) is 6.93. The molecule has 0 spiro atoms. The number of likely N-dealkylation sites (tertiary alicyclic amines) is 2. The Hall–Kier alpha value is -5.10. The van der Waals surface area contributed by atoms with Gasteiger partial charge in [-0.05, 0) is 113 Å². The molecule has 2 fully saturated rings. The van der Waals surface area contributed by atoms with Gasteiger partial charge in [-0.3, -0.25) is 19.6 Å². The fourth-order valence-electron chi connectivity index (χ4n) is 6.49. The third kappa shape index (κ3) is 13.2. The molecule has 2 saturated heterocycles. The zero-order valence-electron chi connectivity index (χ0n) is 35.1. The lowest BCUT2D eigenvalue weighted by molar-refractivity contribution is -0.0000610. The first-order chi connectivity index (χ1) is 28.1. The van der Waals surface area contributed by atoms with Gasteiger partial charge in [-0.15, -0.1) is 0 Å². The lowest BCUT2D eigenvalue weighted by Crippen LogP contribution is -2.45. The standard InChI is InChI=1S/C21H25FN2O4.C16H22BrFN2O2.C5H4BO4/c1-14-11-15(17-6-5-16(13-25)27-17)12-23-18(14)21(22)7-9-24(10-8-21)19(26)28-20(2,3)4;1-11-9-12(17)10-19-13(11)16(18)5-7-20(8-6-16)14(21)22-15(2,3)4;7-3-4-1-2-5(9-4)10-6-8/h5-6,11-13H,7-10H2,1-4H3;9-10H,5-8H2,1-4H3;1-3,8H. The lowest BCUT2D eigenvalue weighted by atomic mass is 9.87. The van der Waals surface area contributed by atoms with Crippen LogP contribution in [0.25, 0.3) is 11.3 Å². The number of hydrogen-bond donors (Lipinski definition) is 1. The Morgan fingerprint density at radius 3 is 1.62 bits per heavy atom. The molecule has 2 aliphatic rings. The number of piperidine rings is 2. The largest absolute Gasteiger partial charge is 0.571 e. The number of alkyl halides is 2. The highest BCUT2D eigenvalue weighted by atomic mass is 79.9. The molecular formula is C42H51BBrF2N4O10. The number of aromatic nitrogens is 2. The maximum absolute atomic E-state index is 15.6. The summed E-state index contributed by atoms with van der Waals surface area (Å²) in [5.41, 5.74) is -1.14. The molecule has 14 nitrogen and oxygen atoms in total. The summed E-state index contributed by atoms with van der Waals surface area (Å²) in [4.78, 5) is 56.7. The van der Waals surface area contributed by atoms with Crippen LogP contribution in [0.1, 0.15) is 111 Å². The van der Waals surface area contributed by atoms with Crippen LogP contribution in [-0.2, 0) is 20.8 Å². The molecular weight excluding hydrogens is 849 g/mol. The summed E-state index contributed by atoms with van der Waals surface area (Å²) in [6.45, 7) is 15.8.